The molecule has 11 nitrogen and oxygen atoms in total. The van der Waals surface area contributed by atoms with E-state index in [1.807, 2.05) is 31.3 Å². The Labute approximate surface area is 202 Å². The molecule has 1 aliphatic carbocycles. The highest BCUT2D eigenvalue weighted by molar-refractivity contribution is 5.81. The molecule has 0 bridgehead atoms. The molecule has 2 atom stereocenters. The molecule has 6 rings (SSSR count). The summed E-state index contributed by atoms with van der Waals surface area (Å²) in [6.07, 6.45) is 7.23. The van der Waals surface area contributed by atoms with Crippen LogP contribution in [0.2, 0.25) is 0 Å². The highest BCUT2D eigenvalue weighted by Crippen LogP contribution is 2.35. The van der Waals surface area contributed by atoms with Crippen molar-refractivity contribution in [1.82, 2.24) is 29.8 Å². The van der Waals surface area contributed by atoms with Crippen LogP contribution in [0.25, 0.3) is 16.8 Å². The van der Waals surface area contributed by atoms with Gasteiger partial charge in [-0.15, -0.1) is 0 Å². The molecule has 0 unspecified atom stereocenters. The lowest BCUT2D eigenvalue weighted by atomic mass is 10.1. The number of amides is 2. The molecule has 2 aliphatic heterocycles. The van der Waals surface area contributed by atoms with E-state index in [0.717, 1.165) is 35.4 Å². The van der Waals surface area contributed by atoms with Crippen molar-refractivity contribution >= 4 is 23.5 Å². The summed E-state index contributed by atoms with van der Waals surface area (Å²) in [6.45, 7) is 4.12. The van der Waals surface area contributed by atoms with Crippen LogP contribution in [0.1, 0.15) is 26.2 Å². The number of ether oxygens (including phenoxy) is 2. The average Bonchev–Trinajstić information content (AvgIpc) is 3.43. The molecule has 3 aliphatic rings. The number of carbonyl (C=O) groups is 2. The van der Waals surface area contributed by atoms with E-state index in [9.17, 15) is 9.59 Å². The van der Waals surface area contributed by atoms with Crippen molar-refractivity contribution in [2.45, 2.75) is 44.4 Å². The lowest BCUT2D eigenvalue weighted by Gasteiger charge is -2.40. The summed E-state index contributed by atoms with van der Waals surface area (Å²) in [5.41, 5.74) is 2.47. The van der Waals surface area contributed by atoms with Gasteiger partial charge in [-0.3, -0.25) is 4.79 Å². The van der Waals surface area contributed by atoms with E-state index in [4.69, 9.17) is 14.5 Å². The van der Waals surface area contributed by atoms with Crippen LogP contribution in [-0.2, 0) is 9.53 Å². The second-order valence-electron chi connectivity index (χ2n) is 9.29. The first-order valence-corrected chi connectivity index (χ1v) is 12.0. The summed E-state index contributed by atoms with van der Waals surface area (Å²) in [6, 6.07) is 5.74. The summed E-state index contributed by atoms with van der Waals surface area (Å²) >= 11 is 0. The topological polar surface area (TPSA) is 114 Å². The summed E-state index contributed by atoms with van der Waals surface area (Å²) < 4.78 is 13.3. The van der Waals surface area contributed by atoms with Gasteiger partial charge in [0.05, 0.1) is 24.7 Å². The number of nitrogens with zero attached hydrogens (tertiary/aromatic N) is 6. The lowest BCUT2D eigenvalue weighted by Crippen LogP contribution is -2.55. The molecule has 11 heteroatoms. The number of hydrogen-bond donors (Lipinski definition) is 1. The summed E-state index contributed by atoms with van der Waals surface area (Å²) in [5, 5.41) is 7.17. The maximum absolute atomic E-state index is 12.7. The second kappa shape index (κ2) is 8.71. The standard InChI is InChI=1S/C24H27N7O4/c1-15-14-29(9-10-30(15)24(33)35-17-11-21(32)26-12-17)20-6-8-31-22(28-20)19(13-27-31)18-3-2-7-25-23(18)34-16-4-5-16/h2-3,6-8,13,15-17H,4-5,9-12,14H2,1H3,(H,26,32)/t15-,17-/m0/s1. The van der Waals surface area contributed by atoms with E-state index < -0.39 is 6.10 Å². The molecule has 35 heavy (non-hydrogen) atoms. The smallest absolute Gasteiger partial charge is 0.410 e. The normalized spacial score (nSPS) is 22.4. The first-order chi connectivity index (χ1) is 17.0. The van der Waals surface area contributed by atoms with Crippen LogP contribution in [0, 0.1) is 0 Å². The molecule has 5 heterocycles. The fourth-order valence-corrected chi connectivity index (χ4v) is 4.57. The first-order valence-electron chi connectivity index (χ1n) is 12.0. The van der Waals surface area contributed by atoms with E-state index in [-0.39, 0.29) is 30.6 Å². The van der Waals surface area contributed by atoms with Crippen molar-refractivity contribution in [3.8, 4) is 17.0 Å². The Balaban J connectivity index is 1.19. The Bertz CT molecular complexity index is 1270. The number of piperazine rings is 1. The van der Waals surface area contributed by atoms with Gasteiger partial charge in [-0.25, -0.2) is 19.3 Å². The molecule has 182 valence electrons. The average molecular weight is 478 g/mol. The van der Waals surface area contributed by atoms with E-state index >= 15 is 0 Å². The predicted molar refractivity (Wildman–Crippen MR) is 126 cm³/mol. The number of anilines is 1. The zero-order chi connectivity index (χ0) is 23.9. The van der Waals surface area contributed by atoms with Crippen LogP contribution in [0.4, 0.5) is 10.6 Å². The van der Waals surface area contributed by atoms with Crippen LogP contribution < -0.4 is 15.0 Å². The zero-order valence-corrected chi connectivity index (χ0v) is 19.5. The van der Waals surface area contributed by atoms with Gasteiger partial charge in [0.2, 0.25) is 11.8 Å². The Kier molecular flexibility index (Phi) is 5.39. The number of nitrogens with one attached hydrogen (secondary N) is 1. The van der Waals surface area contributed by atoms with Crippen LogP contribution in [0.15, 0.2) is 36.8 Å². The van der Waals surface area contributed by atoms with Crippen molar-refractivity contribution in [2.24, 2.45) is 0 Å². The Morgan fingerprint density at radius 1 is 1.17 bits per heavy atom. The SMILES string of the molecule is C[C@H]1CN(c2ccn3ncc(-c4cccnc4OC4CC4)c3n2)CCN1C(=O)O[C@@H]1CNC(=O)C1. The molecule has 1 saturated carbocycles. The third-order valence-corrected chi connectivity index (χ3v) is 6.61. The Morgan fingerprint density at radius 2 is 2.06 bits per heavy atom. The van der Waals surface area contributed by atoms with Gasteiger partial charge in [0.25, 0.3) is 0 Å². The van der Waals surface area contributed by atoms with Gasteiger partial charge in [-0.1, -0.05) is 0 Å². The largest absolute Gasteiger partial charge is 0.474 e. The molecule has 3 aromatic rings. The van der Waals surface area contributed by atoms with E-state index in [2.05, 4.69) is 20.3 Å². The van der Waals surface area contributed by atoms with Gasteiger partial charge >= 0.3 is 6.09 Å². The van der Waals surface area contributed by atoms with Crippen molar-refractivity contribution in [3.05, 3.63) is 36.8 Å². The first kappa shape index (κ1) is 21.6. The molecule has 1 N–H and O–H groups in total. The number of hydrogen-bond acceptors (Lipinski definition) is 8. The minimum atomic E-state index is -0.397. The van der Waals surface area contributed by atoms with Gasteiger partial charge in [0, 0.05) is 43.6 Å². The van der Waals surface area contributed by atoms with Crippen LogP contribution in [0.5, 0.6) is 5.88 Å². The molecule has 0 aromatic carbocycles. The second-order valence-corrected chi connectivity index (χ2v) is 9.29. The van der Waals surface area contributed by atoms with E-state index in [1.54, 1.807) is 21.8 Å². The van der Waals surface area contributed by atoms with Crippen molar-refractivity contribution < 1.29 is 19.1 Å². The molecule has 2 saturated heterocycles. The molecule has 3 fully saturated rings. The number of rotatable bonds is 5. The quantitative estimate of drug-likeness (QED) is 0.592. The fourth-order valence-electron chi connectivity index (χ4n) is 4.57. The third kappa shape index (κ3) is 4.33. The Hall–Kier alpha value is -3.89. The number of carbonyl (C=O) groups excluding carboxylic acids is 2. The maximum Gasteiger partial charge on any atom is 0.410 e. The lowest BCUT2D eigenvalue weighted by molar-refractivity contribution is -0.119. The summed E-state index contributed by atoms with van der Waals surface area (Å²) in [4.78, 5) is 37.3. The van der Waals surface area contributed by atoms with Crippen LogP contribution >= 0.6 is 0 Å². The Morgan fingerprint density at radius 3 is 2.83 bits per heavy atom. The highest BCUT2D eigenvalue weighted by atomic mass is 16.6. The van der Waals surface area contributed by atoms with Crippen LogP contribution in [0.3, 0.4) is 0 Å². The van der Waals surface area contributed by atoms with Crippen molar-refractivity contribution in [2.75, 3.05) is 31.1 Å². The highest BCUT2D eigenvalue weighted by Gasteiger charge is 2.33. The number of pyridine rings is 1. The van der Waals surface area contributed by atoms with Gasteiger partial charge in [-0.2, -0.15) is 5.10 Å². The van der Waals surface area contributed by atoms with Crippen molar-refractivity contribution in [3.63, 3.8) is 0 Å². The summed E-state index contributed by atoms with van der Waals surface area (Å²) in [5.74, 6) is 1.34. The van der Waals surface area contributed by atoms with Crippen molar-refractivity contribution in [1.29, 1.82) is 0 Å². The number of aromatic nitrogens is 4. The fraction of sp³-hybridized carbons (Fsp3) is 0.458. The number of fused-ring (bicyclic) bond motifs is 1. The molecule has 2 amide bonds. The molecule has 0 spiro atoms. The van der Waals surface area contributed by atoms with Crippen LogP contribution in [-0.4, -0.2) is 80.9 Å². The summed E-state index contributed by atoms with van der Waals surface area (Å²) in [7, 11) is 0. The van der Waals surface area contributed by atoms with Gasteiger partial charge in [0.15, 0.2) is 5.65 Å². The van der Waals surface area contributed by atoms with Gasteiger partial charge < -0.3 is 24.6 Å². The monoisotopic (exact) mass is 477 g/mol. The molecular weight excluding hydrogens is 450 g/mol. The minimum Gasteiger partial charge on any atom is -0.474 e. The minimum absolute atomic E-state index is 0.0689. The molecular formula is C24H27N7O4. The van der Waals surface area contributed by atoms with Gasteiger partial charge in [-0.05, 0) is 38.0 Å². The molecule has 0 radical (unpaired) electrons. The van der Waals surface area contributed by atoms with E-state index in [1.165, 1.54) is 0 Å². The van der Waals surface area contributed by atoms with Gasteiger partial charge in [0.1, 0.15) is 18.0 Å². The predicted octanol–water partition coefficient (Wildman–Crippen LogP) is 1.87. The van der Waals surface area contributed by atoms with E-state index in [0.29, 0.717) is 32.1 Å². The zero-order valence-electron chi connectivity index (χ0n) is 19.5. The maximum atomic E-state index is 12.7. The third-order valence-electron chi connectivity index (χ3n) is 6.61. The molecule has 3 aromatic heterocycles.